The first-order chi connectivity index (χ1) is 14.4. The van der Waals surface area contributed by atoms with Gasteiger partial charge in [0.15, 0.2) is 0 Å². The molecule has 1 N–H and O–H groups in total. The summed E-state index contributed by atoms with van der Waals surface area (Å²) in [5.41, 5.74) is 2.08. The number of benzene rings is 1. The molecule has 1 aliphatic rings. The van der Waals surface area contributed by atoms with Crippen molar-refractivity contribution in [3.05, 3.63) is 29.3 Å². The molecule has 176 valence electrons. The van der Waals surface area contributed by atoms with Crippen LogP contribution in [0.1, 0.15) is 91.2 Å². The van der Waals surface area contributed by atoms with Gasteiger partial charge < -0.3 is 14.0 Å². The summed E-state index contributed by atoms with van der Waals surface area (Å²) in [6.45, 7) is 15.4. The fourth-order valence-corrected chi connectivity index (χ4v) is 5.38. The van der Waals surface area contributed by atoms with Crippen LogP contribution >= 0.6 is 7.52 Å². The molecule has 1 aromatic rings. The maximum atomic E-state index is 14.0. The predicted molar refractivity (Wildman–Crippen MR) is 125 cm³/mol. The van der Waals surface area contributed by atoms with Crippen LogP contribution in [0.5, 0.6) is 5.75 Å². The molecule has 0 radical (unpaired) electrons. The molecule has 0 aliphatic heterocycles. The zero-order chi connectivity index (χ0) is 23.3. The number of carbonyl (C=O) groups is 1. The third-order valence-electron chi connectivity index (χ3n) is 5.43. The standard InChI is InChI=1S/C24H40NO5P/c1-15(2)21-10-9-11-22(18(7)20-12-13-20)23(21)30-31(27,14-28-16(3)4)25-19(8)24(26)29-17(5)6/h9-11,15-20H,12-14H2,1-8H3,(H,25,27)/t18-,19+,31?/m1/s1. The van der Waals surface area contributed by atoms with Gasteiger partial charge in [0.1, 0.15) is 18.1 Å². The van der Waals surface area contributed by atoms with Gasteiger partial charge in [0.2, 0.25) is 0 Å². The summed E-state index contributed by atoms with van der Waals surface area (Å²) in [6, 6.07) is 5.34. The summed E-state index contributed by atoms with van der Waals surface area (Å²) < 4.78 is 31.2. The van der Waals surface area contributed by atoms with Crippen molar-refractivity contribution < 1.29 is 23.4 Å². The molecular weight excluding hydrogens is 413 g/mol. The van der Waals surface area contributed by atoms with Crippen LogP contribution in [0.15, 0.2) is 18.2 Å². The van der Waals surface area contributed by atoms with Crippen molar-refractivity contribution in [2.45, 2.75) is 98.3 Å². The number of hydrogen-bond donors (Lipinski definition) is 1. The van der Waals surface area contributed by atoms with Crippen LogP contribution in [0.4, 0.5) is 0 Å². The van der Waals surface area contributed by atoms with Gasteiger partial charge >= 0.3 is 13.5 Å². The van der Waals surface area contributed by atoms with Crippen molar-refractivity contribution in [3.8, 4) is 5.75 Å². The zero-order valence-corrected chi connectivity index (χ0v) is 21.2. The molecule has 7 heteroatoms. The molecule has 3 atom stereocenters. The number of carbonyl (C=O) groups excluding carboxylic acids is 1. The minimum absolute atomic E-state index is 0.123. The molecule has 1 unspecified atom stereocenters. The fraction of sp³-hybridized carbons (Fsp3) is 0.708. The third-order valence-corrected chi connectivity index (χ3v) is 7.18. The van der Waals surface area contributed by atoms with Crippen molar-refractivity contribution in [2.75, 3.05) is 6.35 Å². The molecule has 0 heterocycles. The zero-order valence-electron chi connectivity index (χ0n) is 20.3. The second-order valence-corrected chi connectivity index (χ2v) is 11.5. The van der Waals surface area contributed by atoms with E-state index in [-0.39, 0.29) is 24.5 Å². The Morgan fingerprint density at radius 2 is 1.65 bits per heavy atom. The van der Waals surface area contributed by atoms with Crippen LogP contribution in [0, 0.1) is 5.92 Å². The first kappa shape index (κ1) is 25.9. The molecule has 2 rings (SSSR count). The van der Waals surface area contributed by atoms with Crippen LogP contribution in [-0.2, 0) is 18.8 Å². The summed E-state index contributed by atoms with van der Waals surface area (Å²) in [5.74, 6) is 1.33. The van der Waals surface area contributed by atoms with Crippen LogP contribution in [0.3, 0.4) is 0 Å². The van der Waals surface area contributed by atoms with Gasteiger partial charge in [0.05, 0.1) is 12.2 Å². The van der Waals surface area contributed by atoms with Crippen LogP contribution in [0.25, 0.3) is 0 Å². The molecule has 31 heavy (non-hydrogen) atoms. The Labute approximate surface area is 187 Å². The van der Waals surface area contributed by atoms with Gasteiger partial charge in [-0.1, -0.05) is 39.0 Å². The molecule has 0 saturated heterocycles. The van der Waals surface area contributed by atoms with E-state index in [1.165, 1.54) is 12.8 Å². The first-order valence-electron chi connectivity index (χ1n) is 11.4. The second-order valence-electron chi connectivity index (χ2n) is 9.49. The molecule has 1 aliphatic carbocycles. The number of para-hydroxylation sites is 1. The lowest BCUT2D eigenvalue weighted by Gasteiger charge is -2.28. The highest BCUT2D eigenvalue weighted by molar-refractivity contribution is 7.57. The van der Waals surface area contributed by atoms with Gasteiger partial charge in [-0.15, -0.1) is 0 Å². The Bertz CT molecular complexity index is 788. The Hall–Kier alpha value is -1.36. The average Bonchev–Trinajstić information content (AvgIpc) is 3.50. The van der Waals surface area contributed by atoms with Crippen LogP contribution in [-0.4, -0.2) is 30.6 Å². The summed E-state index contributed by atoms with van der Waals surface area (Å²) in [7, 11) is -3.56. The van der Waals surface area contributed by atoms with Crippen molar-refractivity contribution >= 4 is 13.5 Å². The number of rotatable bonds is 12. The fourth-order valence-electron chi connectivity index (χ4n) is 3.51. The van der Waals surface area contributed by atoms with E-state index in [1.54, 1.807) is 20.8 Å². The van der Waals surface area contributed by atoms with Gasteiger partial charge in [-0.05, 0) is 76.3 Å². The average molecular weight is 454 g/mol. The highest BCUT2D eigenvalue weighted by Crippen LogP contribution is 2.51. The third kappa shape index (κ3) is 7.62. The Morgan fingerprint density at radius 3 is 2.16 bits per heavy atom. The second kappa shape index (κ2) is 11.0. The monoisotopic (exact) mass is 453 g/mol. The lowest BCUT2D eigenvalue weighted by atomic mass is 9.90. The minimum atomic E-state index is -3.56. The molecule has 0 amide bonds. The largest absolute Gasteiger partial charge is 0.462 e. The van der Waals surface area contributed by atoms with Gasteiger partial charge in [-0.2, -0.15) is 0 Å². The van der Waals surface area contributed by atoms with Crippen molar-refractivity contribution in [3.63, 3.8) is 0 Å². The van der Waals surface area contributed by atoms with Gasteiger partial charge in [-0.3, -0.25) is 9.36 Å². The molecule has 6 nitrogen and oxygen atoms in total. The number of esters is 1. The normalized spacial score (nSPS) is 18.2. The van der Waals surface area contributed by atoms with E-state index >= 15 is 0 Å². The molecule has 0 aromatic heterocycles. The van der Waals surface area contributed by atoms with E-state index in [0.717, 1.165) is 11.1 Å². The molecular formula is C24H40NO5P. The van der Waals surface area contributed by atoms with E-state index in [4.69, 9.17) is 14.0 Å². The topological polar surface area (TPSA) is 73.9 Å². The Kier molecular flexibility index (Phi) is 9.17. The lowest BCUT2D eigenvalue weighted by Crippen LogP contribution is -2.37. The highest BCUT2D eigenvalue weighted by Gasteiger charge is 2.36. The summed E-state index contributed by atoms with van der Waals surface area (Å²) in [5, 5.41) is 2.91. The smallest absolute Gasteiger partial charge is 0.342 e. The van der Waals surface area contributed by atoms with E-state index in [9.17, 15) is 9.36 Å². The number of hydrogen-bond acceptors (Lipinski definition) is 5. The van der Waals surface area contributed by atoms with Gasteiger partial charge in [-0.25, -0.2) is 5.09 Å². The molecule has 1 fully saturated rings. The van der Waals surface area contributed by atoms with Gasteiger partial charge in [0.25, 0.3) is 0 Å². The van der Waals surface area contributed by atoms with Crippen molar-refractivity contribution in [1.82, 2.24) is 5.09 Å². The van der Waals surface area contributed by atoms with E-state index in [0.29, 0.717) is 17.6 Å². The van der Waals surface area contributed by atoms with Crippen molar-refractivity contribution in [1.29, 1.82) is 0 Å². The van der Waals surface area contributed by atoms with Crippen molar-refractivity contribution in [2.24, 2.45) is 5.92 Å². The molecule has 0 bridgehead atoms. The lowest BCUT2D eigenvalue weighted by molar-refractivity contribution is -0.149. The summed E-state index contributed by atoms with van der Waals surface area (Å²) >= 11 is 0. The predicted octanol–water partition coefficient (Wildman–Crippen LogP) is 6.21. The first-order valence-corrected chi connectivity index (χ1v) is 13.3. The minimum Gasteiger partial charge on any atom is -0.462 e. The van der Waals surface area contributed by atoms with Crippen LogP contribution < -0.4 is 9.61 Å². The van der Waals surface area contributed by atoms with E-state index in [1.807, 2.05) is 26.0 Å². The molecule has 1 saturated carbocycles. The summed E-state index contributed by atoms with van der Waals surface area (Å²) in [4.78, 5) is 12.4. The summed E-state index contributed by atoms with van der Waals surface area (Å²) in [6.07, 6.45) is 1.90. The maximum Gasteiger partial charge on any atom is 0.342 e. The Balaban J connectivity index is 2.39. The maximum absolute atomic E-state index is 14.0. The van der Waals surface area contributed by atoms with E-state index in [2.05, 4.69) is 31.9 Å². The Morgan fingerprint density at radius 1 is 1.03 bits per heavy atom. The van der Waals surface area contributed by atoms with Gasteiger partial charge in [0, 0.05) is 0 Å². The molecule has 0 spiro atoms. The highest BCUT2D eigenvalue weighted by atomic mass is 31.2. The van der Waals surface area contributed by atoms with E-state index < -0.39 is 19.5 Å². The SMILES string of the molecule is CC(C)OCP(=O)(N[C@@H](C)C(=O)OC(C)C)Oc1c(C(C)C)cccc1[C@H](C)C1CC1. The number of nitrogens with one attached hydrogen (secondary N) is 1. The number of ether oxygens (including phenoxy) is 2. The molecule has 1 aromatic carbocycles. The van der Waals surface area contributed by atoms with Crippen LogP contribution in [0.2, 0.25) is 0 Å². The quantitative estimate of drug-likeness (QED) is 0.300.